The second-order valence-corrected chi connectivity index (χ2v) is 16.5. The molecular formula is C58H37N5. The lowest BCUT2D eigenvalue weighted by molar-refractivity contribution is 1.16. The summed E-state index contributed by atoms with van der Waals surface area (Å²) in [5.41, 5.74) is 16.7. The summed E-state index contributed by atoms with van der Waals surface area (Å²) >= 11 is 0. The Morgan fingerprint density at radius 2 is 0.889 bits per heavy atom. The normalized spacial score (nSPS) is 11.6. The quantitative estimate of drug-likeness (QED) is 0.174. The van der Waals surface area contributed by atoms with E-state index in [0.717, 1.165) is 82.9 Å². The monoisotopic (exact) mass is 803 g/mol. The largest absolute Gasteiger partial charge is 0.309 e. The summed E-state index contributed by atoms with van der Waals surface area (Å²) in [4.78, 5) is 0. The molecule has 0 amide bonds. The zero-order chi connectivity index (χ0) is 42.3. The third-order valence-corrected chi connectivity index (χ3v) is 12.7. The highest BCUT2D eigenvalue weighted by atomic mass is 15.0. The molecule has 5 heteroatoms. The predicted octanol–water partition coefficient (Wildman–Crippen LogP) is 14.7. The fourth-order valence-corrected chi connectivity index (χ4v) is 10.2. The Bertz CT molecular complexity index is 3900. The van der Waals surface area contributed by atoms with Gasteiger partial charge in [0.15, 0.2) is 0 Å². The molecule has 0 unspecified atom stereocenters. The van der Waals surface area contributed by atoms with Gasteiger partial charge in [-0.15, -0.1) is 0 Å². The van der Waals surface area contributed by atoms with Crippen LogP contribution in [-0.2, 0) is 0 Å². The first-order valence-corrected chi connectivity index (χ1v) is 21.2. The van der Waals surface area contributed by atoms with Crippen molar-refractivity contribution in [2.75, 3.05) is 0 Å². The molecule has 0 atom stereocenters. The Balaban J connectivity index is 1.12. The molecule has 0 aliphatic rings. The Hall–Kier alpha value is -8.64. The van der Waals surface area contributed by atoms with E-state index in [1.165, 1.54) is 32.9 Å². The van der Waals surface area contributed by atoms with E-state index in [9.17, 15) is 10.5 Å². The minimum absolute atomic E-state index is 0.559. The number of rotatable bonds is 5. The molecule has 294 valence electrons. The van der Waals surface area contributed by atoms with Gasteiger partial charge in [0, 0.05) is 49.3 Å². The summed E-state index contributed by atoms with van der Waals surface area (Å²) in [7, 11) is 0. The van der Waals surface area contributed by atoms with Crippen LogP contribution in [0.1, 0.15) is 22.3 Å². The van der Waals surface area contributed by atoms with Gasteiger partial charge in [0.2, 0.25) is 0 Å². The third-order valence-electron chi connectivity index (χ3n) is 12.7. The Kier molecular flexibility index (Phi) is 8.03. The summed E-state index contributed by atoms with van der Waals surface area (Å²) in [5.74, 6) is 0. The van der Waals surface area contributed by atoms with Crippen molar-refractivity contribution < 1.29 is 0 Å². The zero-order valence-electron chi connectivity index (χ0n) is 34.6. The molecule has 0 radical (unpaired) electrons. The Morgan fingerprint density at radius 1 is 0.365 bits per heavy atom. The highest BCUT2D eigenvalue weighted by molar-refractivity contribution is 6.13. The van der Waals surface area contributed by atoms with Crippen molar-refractivity contribution in [1.82, 2.24) is 13.7 Å². The molecule has 0 aliphatic carbocycles. The van der Waals surface area contributed by atoms with Crippen LogP contribution in [0.2, 0.25) is 0 Å². The number of hydrogen-bond donors (Lipinski definition) is 0. The molecule has 0 aliphatic heterocycles. The number of nitrogens with zero attached hydrogens (tertiary/aromatic N) is 5. The minimum Gasteiger partial charge on any atom is -0.309 e. The predicted molar refractivity (Wildman–Crippen MR) is 259 cm³/mol. The molecule has 0 spiro atoms. The second kappa shape index (κ2) is 14.0. The van der Waals surface area contributed by atoms with Crippen LogP contribution in [0.5, 0.6) is 0 Å². The van der Waals surface area contributed by atoms with Crippen LogP contribution < -0.4 is 0 Å². The second-order valence-electron chi connectivity index (χ2n) is 16.5. The number of aromatic nitrogens is 3. The van der Waals surface area contributed by atoms with Crippen LogP contribution >= 0.6 is 0 Å². The summed E-state index contributed by atoms with van der Waals surface area (Å²) < 4.78 is 6.90. The molecule has 0 saturated heterocycles. The molecule has 12 aromatic rings. The van der Waals surface area contributed by atoms with E-state index in [2.05, 4.69) is 185 Å². The maximum Gasteiger partial charge on any atom is 0.102 e. The van der Waals surface area contributed by atoms with Gasteiger partial charge in [-0.2, -0.15) is 10.5 Å². The van der Waals surface area contributed by atoms with E-state index in [0.29, 0.717) is 11.1 Å². The molecule has 0 fully saturated rings. The van der Waals surface area contributed by atoms with Gasteiger partial charge in [-0.3, -0.25) is 0 Å². The smallest absolute Gasteiger partial charge is 0.102 e. The van der Waals surface area contributed by atoms with Gasteiger partial charge in [0.1, 0.15) is 6.07 Å². The van der Waals surface area contributed by atoms with Crippen LogP contribution in [0.4, 0.5) is 0 Å². The molecule has 63 heavy (non-hydrogen) atoms. The highest BCUT2D eigenvalue weighted by Gasteiger charge is 2.22. The number of para-hydroxylation sites is 4. The van der Waals surface area contributed by atoms with Crippen molar-refractivity contribution in [1.29, 1.82) is 10.5 Å². The van der Waals surface area contributed by atoms with Gasteiger partial charge in [-0.25, -0.2) is 0 Å². The summed E-state index contributed by atoms with van der Waals surface area (Å²) in [6.07, 6.45) is 0. The Morgan fingerprint density at radius 3 is 1.54 bits per heavy atom. The Labute approximate surface area is 363 Å². The fourth-order valence-electron chi connectivity index (χ4n) is 10.2. The van der Waals surface area contributed by atoms with Gasteiger partial charge >= 0.3 is 0 Å². The lowest BCUT2D eigenvalue weighted by atomic mass is 9.93. The number of nitriles is 2. The average molecular weight is 804 g/mol. The van der Waals surface area contributed by atoms with Crippen molar-refractivity contribution in [3.8, 4) is 51.5 Å². The first-order chi connectivity index (χ1) is 31.0. The summed E-state index contributed by atoms with van der Waals surface area (Å²) in [6, 6.07) is 71.4. The van der Waals surface area contributed by atoms with E-state index < -0.39 is 0 Å². The molecule has 12 rings (SSSR count). The molecular weight excluding hydrogens is 767 g/mol. The molecule has 5 nitrogen and oxygen atoms in total. The van der Waals surface area contributed by atoms with Crippen LogP contribution in [0, 0.1) is 36.5 Å². The molecule has 0 N–H and O–H groups in total. The zero-order valence-corrected chi connectivity index (χ0v) is 34.6. The lowest BCUT2D eigenvalue weighted by Gasteiger charge is -2.17. The molecule has 3 heterocycles. The molecule has 0 saturated carbocycles. The van der Waals surface area contributed by atoms with Crippen LogP contribution in [0.3, 0.4) is 0 Å². The first-order valence-electron chi connectivity index (χ1n) is 21.2. The highest BCUT2D eigenvalue weighted by Crippen LogP contribution is 2.41. The SMILES string of the molecule is Cc1cc(C)cc(-c2cc(-c3cccc(-n4c5ccccc5c5c(C#N)cccc54)c3C#N)cc(-n3c4ccccc4c4cc(-n5c6ccccc6c6ccccc65)ccc43)c2)c1. The average Bonchev–Trinajstić information content (AvgIpc) is 3.96. The molecule has 3 aromatic heterocycles. The maximum absolute atomic E-state index is 11.2. The lowest BCUT2D eigenvalue weighted by Crippen LogP contribution is -2.01. The minimum atomic E-state index is 0.559. The number of fused-ring (bicyclic) bond motifs is 9. The van der Waals surface area contributed by atoms with E-state index in [-0.39, 0.29) is 0 Å². The van der Waals surface area contributed by atoms with Crippen LogP contribution in [0.25, 0.3) is 105 Å². The number of hydrogen-bond acceptors (Lipinski definition) is 2. The van der Waals surface area contributed by atoms with Gasteiger partial charge in [0.25, 0.3) is 0 Å². The van der Waals surface area contributed by atoms with Crippen molar-refractivity contribution in [2.24, 2.45) is 0 Å². The van der Waals surface area contributed by atoms with E-state index in [4.69, 9.17) is 0 Å². The van der Waals surface area contributed by atoms with Crippen LogP contribution in [0.15, 0.2) is 188 Å². The summed E-state index contributed by atoms with van der Waals surface area (Å²) in [5, 5.41) is 28.0. The third kappa shape index (κ3) is 5.47. The summed E-state index contributed by atoms with van der Waals surface area (Å²) in [6.45, 7) is 4.29. The van der Waals surface area contributed by atoms with E-state index in [1.807, 2.05) is 42.5 Å². The van der Waals surface area contributed by atoms with Gasteiger partial charge in [-0.05, 0) is 109 Å². The van der Waals surface area contributed by atoms with Crippen LogP contribution in [-0.4, -0.2) is 13.7 Å². The number of benzene rings is 9. The number of aryl methyl sites for hydroxylation is 2. The van der Waals surface area contributed by atoms with Crippen molar-refractivity contribution in [3.63, 3.8) is 0 Å². The molecule has 0 bridgehead atoms. The van der Waals surface area contributed by atoms with E-state index >= 15 is 0 Å². The standard InChI is InChI=1S/C58H37N5/c1-36-27-37(2)29-39(28-36)40-30-41(44-18-12-23-55(50(44)35-60)63-54-22-10-6-17-48(54)58-38(34-59)13-11-24-57(58)63)32-43(31-40)62-53-21-9-5-16-47(53)49-33-42(25-26-56(49)62)61-51-19-7-3-14-45(51)46-15-4-8-20-52(46)61/h3-33H,1-2H3. The first kappa shape index (κ1) is 36.2. The van der Waals surface area contributed by atoms with Crippen molar-refractivity contribution >= 4 is 65.4 Å². The van der Waals surface area contributed by atoms with Crippen molar-refractivity contribution in [2.45, 2.75) is 13.8 Å². The van der Waals surface area contributed by atoms with Gasteiger partial charge < -0.3 is 13.7 Å². The maximum atomic E-state index is 11.2. The van der Waals surface area contributed by atoms with Crippen molar-refractivity contribution in [3.05, 3.63) is 210 Å². The van der Waals surface area contributed by atoms with Gasteiger partial charge in [-0.1, -0.05) is 120 Å². The van der Waals surface area contributed by atoms with E-state index in [1.54, 1.807) is 0 Å². The molecule has 9 aromatic carbocycles. The van der Waals surface area contributed by atoms with Gasteiger partial charge in [0.05, 0.1) is 56.0 Å². The fraction of sp³-hybridized carbons (Fsp3) is 0.0345. The topological polar surface area (TPSA) is 62.4 Å².